The first-order valence-corrected chi connectivity index (χ1v) is 6.09. The summed E-state index contributed by atoms with van der Waals surface area (Å²) in [4.78, 5) is 0. The summed E-state index contributed by atoms with van der Waals surface area (Å²) in [7, 11) is 0. The molecule has 0 radical (unpaired) electrons. The van der Waals surface area contributed by atoms with Crippen LogP contribution in [-0.2, 0) is 14.2 Å². The Labute approximate surface area is 108 Å². The van der Waals surface area contributed by atoms with E-state index in [1.165, 1.54) is 20.8 Å². The van der Waals surface area contributed by atoms with Crippen LogP contribution in [0.5, 0.6) is 0 Å². The molecule has 106 valence electrons. The Morgan fingerprint density at radius 2 is 2.06 bits per heavy atom. The molecule has 2 atom stereocenters. The highest BCUT2D eigenvalue weighted by molar-refractivity contribution is 5.15. The molecule has 0 aromatic carbocycles. The largest absolute Gasteiger partial charge is 0.465 e. The van der Waals surface area contributed by atoms with Gasteiger partial charge in [-0.1, -0.05) is 0 Å². The van der Waals surface area contributed by atoms with Crippen LogP contribution in [0.2, 0.25) is 0 Å². The second kappa shape index (κ2) is 5.15. The van der Waals surface area contributed by atoms with Crippen molar-refractivity contribution in [2.75, 3.05) is 6.61 Å². The average molecular weight is 262 g/mol. The van der Waals surface area contributed by atoms with Crippen molar-refractivity contribution in [3.63, 3.8) is 0 Å². The maximum absolute atomic E-state index is 13.6. The van der Waals surface area contributed by atoms with E-state index in [1.54, 1.807) is 20.8 Å². The molecule has 1 saturated heterocycles. The minimum atomic E-state index is -1.40. The standard InChI is InChI=1S/C13H23FO4/c1-8(10-7-16-13(5,6)17-10)11(9(2)14)18-12(3,4)15/h9,11,15H,7H2,1-6H3/b10-8-/t9?,11-/m1/s1. The van der Waals surface area contributed by atoms with Gasteiger partial charge in [-0.2, -0.15) is 0 Å². The SMILES string of the molecule is C/C(=C1\COC(C)(C)O1)[C@@H](OC(C)(C)O)C(C)F. The van der Waals surface area contributed by atoms with E-state index < -0.39 is 23.8 Å². The van der Waals surface area contributed by atoms with Gasteiger partial charge in [0.25, 0.3) is 0 Å². The molecule has 1 fully saturated rings. The lowest BCUT2D eigenvalue weighted by Crippen LogP contribution is -2.36. The van der Waals surface area contributed by atoms with Crippen molar-refractivity contribution in [2.45, 2.75) is 65.4 Å². The van der Waals surface area contributed by atoms with E-state index in [1.807, 2.05) is 0 Å². The fourth-order valence-corrected chi connectivity index (χ4v) is 1.79. The lowest BCUT2D eigenvalue weighted by molar-refractivity contribution is -0.208. The zero-order valence-corrected chi connectivity index (χ0v) is 11.9. The summed E-state index contributed by atoms with van der Waals surface area (Å²) in [5.41, 5.74) is 0.609. The number of hydrogen-bond acceptors (Lipinski definition) is 4. The summed E-state index contributed by atoms with van der Waals surface area (Å²) in [6.45, 7) is 9.92. The van der Waals surface area contributed by atoms with Crippen LogP contribution in [0.1, 0.15) is 41.5 Å². The number of halogens is 1. The van der Waals surface area contributed by atoms with E-state index >= 15 is 0 Å². The molecular formula is C13H23FO4. The molecule has 0 aromatic heterocycles. The zero-order valence-electron chi connectivity index (χ0n) is 11.9. The fraction of sp³-hybridized carbons (Fsp3) is 0.846. The topological polar surface area (TPSA) is 47.9 Å². The number of aliphatic hydroxyl groups is 1. The third-order valence-corrected chi connectivity index (χ3v) is 2.62. The normalized spacial score (nSPS) is 25.6. The quantitative estimate of drug-likeness (QED) is 0.791. The molecule has 1 N–H and O–H groups in total. The minimum Gasteiger partial charge on any atom is -0.465 e. The second-order valence-electron chi connectivity index (χ2n) is 5.56. The fourth-order valence-electron chi connectivity index (χ4n) is 1.79. The summed E-state index contributed by atoms with van der Waals surface area (Å²) in [6.07, 6.45) is -2.10. The highest BCUT2D eigenvalue weighted by Gasteiger charge is 2.35. The monoisotopic (exact) mass is 262 g/mol. The Bertz CT molecular complexity index is 328. The molecule has 1 unspecified atom stereocenters. The first-order chi connectivity index (χ1) is 8.02. The molecular weight excluding hydrogens is 239 g/mol. The third kappa shape index (κ3) is 4.23. The van der Waals surface area contributed by atoms with E-state index in [9.17, 15) is 9.50 Å². The predicted octanol–water partition coefficient (Wildman–Crippen LogP) is 2.51. The molecule has 0 spiro atoms. The molecule has 5 heteroatoms. The second-order valence-corrected chi connectivity index (χ2v) is 5.56. The van der Waals surface area contributed by atoms with Crippen molar-refractivity contribution < 1.29 is 23.7 Å². The van der Waals surface area contributed by atoms with Crippen LogP contribution >= 0.6 is 0 Å². The summed E-state index contributed by atoms with van der Waals surface area (Å²) >= 11 is 0. The van der Waals surface area contributed by atoms with Crippen molar-refractivity contribution in [3.8, 4) is 0 Å². The summed E-state index contributed by atoms with van der Waals surface area (Å²) in [5, 5.41) is 9.65. The van der Waals surface area contributed by atoms with Gasteiger partial charge in [-0.25, -0.2) is 4.39 Å². The van der Waals surface area contributed by atoms with Gasteiger partial charge >= 0.3 is 0 Å². The van der Waals surface area contributed by atoms with E-state index in [-0.39, 0.29) is 6.61 Å². The number of alkyl halides is 1. The van der Waals surface area contributed by atoms with E-state index in [2.05, 4.69) is 0 Å². The molecule has 1 rings (SSSR count). The van der Waals surface area contributed by atoms with Gasteiger partial charge in [0.05, 0.1) is 0 Å². The van der Waals surface area contributed by atoms with Gasteiger partial charge in [-0.3, -0.25) is 0 Å². The maximum atomic E-state index is 13.6. The van der Waals surface area contributed by atoms with Crippen LogP contribution in [0, 0.1) is 0 Å². The van der Waals surface area contributed by atoms with Crippen molar-refractivity contribution >= 4 is 0 Å². The molecule has 1 aliphatic heterocycles. The maximum Gasteiger partial charge on any atom is 0.204 e. The van der Waals surface area contributed by atoms with Crippen LogP contribution < -0.4 is 0 Å². The van der Waals surface area contributed by atoms with Crippen molar-refractivity contribution in [1.82, 2.24) is 0 Å². The van der Waals surface area contributed by atoms with Crippen molar-refractivity contribution in [2.24, 2.45) is 0 Å². The lowest BCUT2D eigenvalue weighted by Gasteiger charge is -2.28. The molecule has 1 heterocycles. The third-order valence-electron chi connectivity index (χ3n) is 2.62. The molecule has 0 amide bonds. The van der Waals surface area contributed by atoms with Crippen LogP contribution in [0.25, 0.3) is 0 Å². The first-order valence-electron chi connectivity index (χ1n) is 6.09. The van der Waals surface area contributed by atoms with Crippen LogP contribution in [0.3, 0.4) is 0 Å². The summed E-state index contributed by atoms with van der Waals surface area (Å²) in [5.74, 6) is -1.53. The van der Waals surface area contributed by atoms with Gasteiger partial charge in [-0.15, -0.1) is 0 Å². The molecule has 0 aromatic rings. The van der Waals surface area contributed by atoms with Gasteiger partial charge in [0.2, 0.25) is 5.79 Å². The number of ether oxygens (including phenoxy) is 3. The minimum absolute atomic E-state index is 0.289. The predicted molar refractivity (Wildman–Crippen MR) is 65.6 cm³/mol. The Kier molecular flexibility index (Phi) is 4.41. The average Bonchev–Trinajstić information content (AvgIpc) is 2.52. The molecule has 18 heavy (non-hydrogen) atoms. The summed E-state index contributed by atoms with van der Waals surface area (Å²) in [6, 6.07) is 0. The first kappa shape index (κ1) is 15.4. The molecule has 0 bridgehead atoms. The zero-order chi connectivity index (χ0) is 14.1. The van der Waals surface area contributed by atoms with Crippen LogP contribution in [0.15, 0.2) is 11.3 Å². The molecule has 1 aliphatic rings. The highest BCUT2D eigenvalue weighted by Crippen LogP contribution is 2.30. The van der Waals surface area contributed by atoms with E-state index in [4.69, 9.17) is 14.2 Å². The van der Waals surface area contributed by atoms with E-state index in [0.29, 0.717) is 11.3 Å². The van der Waals surface area contributed by atoms with Gasteiger partial charge in [0.15, 0.2) is 5.79 Å². The Balaban J connectivity index is 2.90. The Hall–Kier alpha value is -0.650. The number of rotatable bonds is 4. The van der Waals surface area contributed by atoms with Crippen LogP contribution in [-0.4, -0.2) is 35.6 Å². The van der Waals surface area contributed by atoms with Gasteiger partial charge in [0, 0.05) is 13.8 Å². The van der Waals surface area contributed by atoms with Gasteiger partial charge in [-0.05, 0) is 33.3 Å². The highest BCUT2D eigenvalue weighted by atomic mass is 19.1. The van der Waals surface area contributed by atoms with E-state index in [0.717, 1.165) is 0 Å². The van der Waals surface area contributed by atoms with Gasteiger partial charge in [0.1, 0.15) is 24.6 Å². The van der Waals surface area contributed by atoms with Crippen molar-refractivity contribution in [1.29, 1.82) is 0 Å². The Morgan fingerprint density at radius 1 is 1.50 bits per heavy atom. The smallest absolute Gasteiger partial charge is 0.204 e. The molecule has 4 nitrogen and oxygen atoms in total. The number of hydrogen-bond donors (Lipinski definition) is 1. The summed E-state index contributed by atoms with van der Waals surface area (Å²) < 4.78 is 30.0. The van der Waals surface area contributed by atoms with Crippen molar-refractivity contribution in [3.05, 3.63) is 11.3 Å². The lowest BCUT2D eigenvalue weighted by atomic mass is 10.1. The Morgan fingerprint density at radius 3 is 2.39 bits per heavy atom. The van der Waals surface area contributed by atoms with Gasteiger partial charge < -0.3 is 19.3 Å². The molecule has 0 aliphatic carbocycles. The molecule has 0 saturated carbocycles. The van der Waals surface area contributed by atoms with Crippen LogP contribution in [0.4, 0.5) is 4.39 Å².